The normalized spacial score (nSPS) is 20.5. The van der Waals surface area contributed by atoms with Gasteiger partial charge in [-0.1, -0.05) is 43.8 Å². The van der Waals surface area contributed by atoms with Crippen LogP contribution in [-0.4, -0.2) is 18.0 Å². The topological polar surface area (TPSA) is 3.24 Å². The van der Waals surface area contributed by atoms with E-state index in [1.165, 1.54) is 50.0 Å². The summed E-state index contributed by atoms with van der Waals surface area (Å²) in [4.78, 5) is 2.49. The summed E-state index contributed by atoms with van der Waals surface area (Å²) >= 11 is 0. The van der Waals surface area contributed by atoms with Crippen LogP contribution in [0.3, 0.4) is 0 Å². The van der Waals surface area contributed by atoms with Crippen LogP contribution in [0.5, 0.6) is 0 Å². The van der Waals surface area contributed by atoms with Crippen molar-refractivity contribution in [3.8, 4) is 0 Å². The highest BCUT2D eigenvalue weighted by atomic mass is 15.1. The maximum absolute atomic E-state index is 4.17. The van der Waals surface area contributed by atoms with Gasteiger partial charge in [0.25, 0.3) is 0 Å². The van der Waals surface area contributed by atoms with Crippen LogP contribution in [-0.2, 0) is 6.42 Å². The lowest BCUT2D eigenvalue weighted by Gasteiger charge is -2.24. The Bertz CT molecular complexity index is 368. The van der Waals surface area contributed by atoms with E-state index >= 15 is 0 Å². The van der Waals surface area contributed by atoms with Crippen molar-refractivity contribution in [2.75, 3.05) is 13.1 Å². The molecule has 98 valence electrons. The van der Waals surface area contributed by atoms with Gasteiger partial charge in [-0.25, -0.2) is 0 Å². The molecule has 1 unspecified atom stereocenters. The van der Waals surface area contributed by atoms with Crippen molar-refractivity contribution in [3.63, 3.8) is 0 Å². The molecule has 0 N–H and O–H groups in total. The van der Waals surface area contributed by atoms with Crippen LogP contribution >= 0.6 is 0 Å². The van der Waals surface area contributed by atoms with Crippen molar-refractivity contribution < 1.29 is 0 Å². The van der Waals surface area contributed by atoms with Crippen LogP contribution in [0.4, 0.5) is 0 Å². The third-order valence-corrected chi connectivity index (χ3v) is 4.07. The first-order valence-corrected chi connectivity index (χ1v) is 7.26. The molecular formula is C17H25N. The van der Waals surface area contributed by atoms with Crippen molar-refractivity contribution in [1.29, 1.82) is 0 Å². The first kappa shape index (κ1) is 13.2. The Morgan fingerprint density at radius 2 is 2.00 bits per heavy atom. The van der Waals surface area contributed by atoms with E-state index in [1.807, 2.05) is 0 Å². The number of rotatable bonds is 4. The third-order valence-electron chi connectivity index (χ3n) is 4.07. The first-order chi connectivity index (χ1) is 8.79. The standard InChI is InChI=1S/C17H25N/c1-3-15(2)18-12-7-10-17(11-13-18)14-16-8-5-4-6-9-16/h4-6,8-9,17H,2-3,7,10-14H2,1H3. The second-order valence-corrected chi connectivity index (χ2v) is 5.39. The molecule has 1 nitrogen and oxygen atoms in total. The summed E-state index contributed by atoms with van der Waals surface area (Å²) in [5.41, 5.74) is 2.81. The van der Waals surface area contributed by atoms with Crippen molar-refractivity contribution in [1.82, 2.24) is 4.90 Å². The molecule has 1 heterocycles. The fraction of sp³-hybridized carbons (Fsp3) is 0.529. The molecule has 0 spiro atoms. The maximum Gasteiger partial charge on any atom is 0.0177 e. The predicted molar refractivity (Wildman–Crippen MR) is 78.5 cm³/mol. The fourth-order valence-corrected chi connectivity index (χ4v) is 2.86. The molecule has 1 aromatic rings. The molecule has 2 rings (SSSR count). The van der Waals surface area contributed by atoms with E-state index in [1.54, 1.807) is 0 Å². The second-order valence-electron chi connectivity index (χ2n) is 5.39. The van der Waals surface area contributed by atoms with Crippen molar-refractivity contribution in [3.05, 3.63) is 48.2 Å². The van der Waals surface area contributed by atoms with Gasteiger partial charge in [0.2, 0.25) is 0 Å². The Hall–Kier alpha value is -1.24. The van der Waals surface area contributed by atoms with E-state index in [0.29, 0.717) is 0 Å². The van der Waals surface area contributed by atoms with E-state index in [0.717, 1.165) is 12.3 Å². The SMILES string of the molecule is C=C(CC)N1CCCC(Cc2ccccc2)CC1. The second kappa shape index (κ2) is 6.63. The van der Waals surface area contributed by atoms with Gasteiger partial charge < -0.3 is 4.90 Å². The Labute approximate surface area is 112 Å². The van der Waals surface area contributed by atoms with Crippen molar-refractivity contribution in [2.45, 2.75) is 39.0 Å². The zero-order valence-corrected chi connectivity index (χ0v) is 11.6. The molecule has 1 saturated heterocycles. The number of benzene rings is 1. The molecule has 0 radical (unpaired) electrons. The molecule has 0 bridgehead atoms. The lowest BCUT2D eigenvalue weighted by atomic mass is 9.93. The molecule has 1 heteroatoms. The molecule has 1 aliphatic rings. The van der Waals surface area contributed by atoms with E-state index < -0.39 is 0 Å². The Balaban J connectivity index is 1.87. The average molecular weight is 243 g/mol. The molecule has 1 atom stereocenters. The summed E-state index contributed by atoms with van der Waals surface area (Å²) in [5.74, 6) is 0.849. The van der Waals surface area contributed by atoms with Crippen LogP contribution in [0.1, 0.15) is 38.2 Å². The molecule has 0 aromatic heterocycles. The molecule has 1 fully saturated rings. The van der Waals surface area contributed by atoms with Crippen LogP contribution in [0.25, 0.3) is 0 Å². The van der Waals surface area contributed by atoms with Gasteiger partial charge in [-0.05, 0) is 43.6 Å². The molecule has 0 aliphatic carbocycles. The number of hydrogen-bond donors (Lipinski definition) is 0. The van der Waals surface area contributed by atoms with Gasteiger partial charge in [0, 0.05) is 18.8 Å². The predicted octanol–water partition coefficient (Wildman–Crippen LogP) is 4.25. The lowest BCUT2D eigenvalue weighted by Crippen LogP contribution is -2.23. The smallest absolute Gasteiger partial charge is 0.0177 e. The summed E-state index contributed by atoms with van der Waals surface area (Å²) < 4.78 is 0. The van der Waals surface area contributed by atoms with Gasteiger partial charge in [-0.2, -0.15) is 0 Å². The number of nitrogens with zero attached hydrogens (tertiary/aromatic N) is 1. The molecule has 0 amide bonds. The quantitative estimate of drug-likeness (QED) is 0.764. The molecular weight excluding hydrogens is 218 g/mol. The summed E-state index contributed by atoms with van der Waals surface area (Å²) in [6.07, 6.45) is 6.32. The summed E-state index contributed by atoms with van der Waals surface area (Å²) in [6, 6.07) is 10.9. The van der Waals surface area contributed by atoms with E-state index in [9.17, 15) is 0 Å². The van der Waals surface area contributed by atoms with Crippen LogP contribution in [0.15, 0.2) is 42.6 Å². The Morgan fingerprint density at radius 3 is 2.72 bits per heavy atom. The fourth-order valence-electron chi connectivity index (χ4n) is 2.86. The van der Waals surface area contributed by atoms with Gasteiger partial charge >= 0.3 is 0 Å². The largest absolute Gasteiger partial charge is 0.375 e. The average Bonchev–Trinajstić information content (AvgIpc) is 2.65. The summed E-state index contributed by atoms with van der Waals surface area (Å²) in [6.45, 7) is 8.78. The zero-order chi connectivity index (χ0) is 12.8. The highest BCUT2D eigenvalue weighted by Crippen LogP contribution is 2.23. The van der Waals surface area contributed by atoms with E-state index in [2.05, 4.69) is 48.7 Å². The van der Waals surface area contributed by atoms with Gasteiger partial charge in [-0.15, -0.1) is 0 Å². The number of hydrogen-bond acceptors (Lipinski definition) is 1. The molecule has 1 aliphatic heterocycles. The molecule has 0 saturated carbocycles. The monoisotopic (exact) mass is 243 g/mol. The van der Waals surface area contributed by atoms with Gasteiger partial charge in [0.1, 0.15) is 0 Å². The van der Waals surface area contributed by atoms with E-state index in [-0.39, 0.29) is 0 Å². The Morgan fingerprint density at radius 1 is 1.22 bits per heavy atom. The highest BCUT2D eigenvalue weighted by molar-refractivity contribution is 5.15. The van der Waals surface area contributed by atoms with Crippen molar-refractivity contribution in [2.24, 2.45) is 5.92 Å². The van der Waals surface area contributed by atoms with Crippen LogP contribution in [0.2, 0.25) is 0 Å². The van der Waals surface area contributed by atoms with Gasteiger partial charge in [-0.3, -0.25) is 0 Å². The number of likely N-dealkylation sites (tertiary alicyclic amines) is 1. The van der Waals surface area contributed by atoms with Crippen LogP contribution < -0.4 is 0 Å². The minimum atomic E-state index is 0.849. The molecule has 1 aromatic carbocycles. The maximum atomic E-state index is 4.17. The highest BCUT2D eigenvalue weighted by Gasteiger charge is 2.17. The van der Waals surface area contributed by atoms with Gasteiger partial charge in [0.15, 0.2) is 0 Å². The summed E-state index contributed by atoms with van der Waals surface area (Å²) in [7, 11) is 0. The summed E-state index contributed by atoms with van der Waals surface area (Å²) in [5, 5.41) is 0. The van der Waals surface area contributed by atoms with E-state index in [4.69, 9.17) is 0 Å². The minimum absolute atomic E-state index is 0.849. The third kappa shape index (κ3) is 3.63. The molecule has 18 heavy (non-hydrogen) atoms. The minimum Gasteiger partial charge on any atom is -0.375 e. The van der Waals surface area contributed by atoms with Crippen LogP contribution in [0, 0.1) is 5.92 Å². The Kier molecular flexibility index (Phi) is 4.86. The lowest BCUT2D eigenvalue weighted by molar-refractivity contribution is 0.342. The first-order valence-electron chi connectivity index (χ1n) is 7.26. The zero-order valence-electron chi connectivity index (χ0n) is 11.6. The van der Waals surface area contributed by atoms with Crippen molar-refractivity contribution >= 4 is 0 Å². The van der Waals surface area contributed by atoms with Gasteiger partial charge in [0.05, 0.1) is 0 Å². The number of allylic oxidation sites excluding steroid dienone is 1.